The van der Waals surface area contributed by atoms with Crippen LogP contribution in [0.1, 0.15) is 24.8 Å². The standard InChI is InChI=1S/C16H22N2O2/c1-20-14-5-2-4-13(10-14)11-18-9-3-6-16(15(18)19)7-8-17-12-16/h2,4-5,10,17H,3,6-9,11-12H2,1H3/t16-/m0/s1. The summed E-state index contributed by atoms with van der Waals surface area (Å²) in [5.74, 6) is 1.18. The number of likely N-dealkylation sites (tertiary alicyclic amines) is 1. The number of ether oxygens (including phenoxy) is 1. The Labute approximate surface area is 120 Å². The Balaban J connectivity index is 1.74. The number of hydrogen-bond donors (Lipinski definition) is 1. The summed E-state index contributed by atoms with van der Waals surface area (Å²) < 4.78 is 5.25. The predicted molar refractivity (Wildman–Crippen MR) is 77.6 cm³/mol. The summed E-state index contributed by atoms with van der Waals surface area (Å²) in [5, 5.41) is 3.35. The molecular weight excluding hydrogens is 252 g/mol. The molecule has 20 heavy (non-hydrogen) atoms. The van der Waals surface area contributed by atoms with Crippen molar-refractivity contribution in [3.63, 3.8) is 0 Å². The summed E-state index contributed by atoms with van der Waals surface area (Å²) in [5.41, 5.74) is 1.01. The van der Waals surface area contributed by atoms with E-state index in [-0.39, 0.29) is 5.41 Å². The van der Waals surface area contributed by atoms with Crippen molar-refractivity contribution in [3.8, 4) is 5.75 Å². The number of hydrogen-bond acceptors (Lipinski definition) is 3. The van der Waals surface area contributed by atoms with Crippen LogP contribution in [-0.2, 0) is 11.3 Å². The Morgan fingerprint density at radius 2 is 2.30 bits per heavy atom. The van der Waals surface area contributed by atoms with Crippen LogP contribution < -0.4 is 10.1 Å². The van der Waals surface area contributed by atoms with Crippen molar-refractivity contribution in [3.05, 3.63) is 29.8 Å². The van der Waals surface area contributed by atoms with E-state index in [0.717, 1.165) is 50.2 Å². The highest BCUT2D eigenvalue weighted by atomic mass is 16.5. The van der Waals surface area contributed by atoms with E-state index in [2.05, 4.69) is 11.4 Å². The monoisotopic (exact) mass is 274 g/mol. The molecule has 1 aromatic carbocycles. The van der Waals surface area contributed by atoms with Gasteiger partial charge in [0.25, 0.3) is 0 Å². The van der Waals surface area contributed by atoms with Crippen LogP contribution in [0.5, 0.6) is 5.75 Å². The Morgan fingerprint density at radius 3 is 3.05 bits per heavy atom. The Hall–Kier alpha value is -1.55. The Bertz CT molecular complexity index is 495. The molecule has 1 aromatic rings. The number of methoxy groups -OCH3 is 1. The maximum absolute atomic E-state index is 12.8. The molecule has 2 heterocycles. The third-order valence-electron chi connectivity index (χ3n) is 4.58. The minimum Gasteiger partial charge on any atom is -0.497 e. The van der Waals surface area contributed by atoms with Crippen LogP contribution in [0.2, 0.25) is 0 Å². The van der Waals surface area contributed by atoms with Crippen molar-refractivity contribution in [1.82, 2.24) is 10.2 Å². The van der Waals surface area contributed by atoms with E-state index >= 15 is 0 Å². The van der Waals surface area contributed by atoms with Gasteiger partial charge in [0.2, 0.25) is 5.91 Å². The van der Waals surface area contributed by atoms with Gasteiger partial charge >= 0.3 is 0 Å². The molecule has 0 radical (unpaired) electrons. The first-order valence-corrected chi connectivity index (χ1v) is 7.37. The highest BCUT2D eigenvalue weighted by Crippen LogP contribution is 2.37. The molecule has 0 bridgehead atoms. The quantitative estimate of drug-likeness (QED) is 0.914. The minimum atomic E-state index is -0.128. The van der Waals surface area contributed by atoms with Crippen LogP contribution in [0.4, 0.5) is 0 Å². The first-order chi connectivity index (χ1) is 9.73. The van der Waals surface area contributed by atoms with Gasteiger partial charge in [-0.15, -0.1) is 0 Å². The SMILES string of the molecule is COc1cccc(CN2CCC[C@@]3(CCNC3)C2=O)c1. The first kappa shape index (κ1) is 13.4. The van der Waals surface area contributed by atoms with Gasteiger partial charge < -0.3 is 15.0 Å². The van der Waals surface area contributed by atoms with Crippen molar-refractivity contribution in [2.45, 2.75) is 25.8 Å². The van der Waals surface area contributed by atoms with Crippen LogP contribution in [0.15, 0.2) is 24.3 Å². The van der Waals surface area contributed by atoms with Gasteiger partial charge in [-0.05, 0) is 43.5 Å². The van der Waals surface area contributed by atoms with E-state index in [0.29, 0.717) is 12.5 Å². The van der Waals surface area contributed by atoms with Crippen molar-refractivity contribution >= 4 is 5.91 Å². The zero-order chi connectivity index (χ0) is 14.0. The second-order valence-corrected chi connectivity index (χ2v) is 5.89. The van der Waals surface area contributed by atoms with Gasteiger partial charge in [-0.25, -0.2) is 0 Å². The molecule has 2 fully saturated rings. The fourth-order valence-electron chi connectivity index (χ4n) is 3.43. The Kier molecular flexibility index (Phi) is 3.66. The summed E-state index contributed by atoms with van der Waals surface area (Å²) in [6, 6.07) is 7.99. The van der Waals surface area contributed by atoms with E-state index in [1.165, 1.54) is 0 Å². The van der Waals surface area contributed by atoms with Gasteiger partial charge in [-0.2, -0.15) is 0 Å². The number of nitrogens with one attached hydrogen (secondary N) is 1. The highest BCUT2D eigenvalue weighted by molar-refractivity contribution is 5.84. The number of piperidine rings is 1. The van der Waals surface area contributed by atoms with Crippen LogP contribution in [-0.4, -0.2) is 37.6 Å². The van der Waals surface area contributed by atoms with Crippen LogP contribution in [0, 0.1) is 5.41 Å². The number of nitrogens with zero attached hydrogens (tertiary/aromatic N) is 1. The lowest BCUT2D eigenvalue weighted by atomic mass is 9.78. The molecule has 3 rings (SSSR count). The summed E-state index contributed by atoms with van der Waals surface area (Å²) in [6.45, 7) is 3.38. The molecule has 4 heteroatoms. The lowest BCUT2D eigenvalue weighted by molar-refractivity contribution is -0.145. The normalized spacial score (nSPS) is 26.2. The molecule has 0 aromatic heterocycles. The van der Waals surface area contributed by atoms with Gasteiger partial charge in [-0.3, -0.25) is 4.79 Å². The molecule has 1 amide bonds. The average molecular weight is 274 g/mol. The van der Waals surface area contributed by atoms with Crippen molar-refractivity contribution in [2.75, 3.05) is 26.7 Å². The molecule has 4 nitrogen and oxygen atoms in total. The van der Waals surface area contributed by atoms with E-state index in [1.54, 1.807) is 7.11 Å². The lowest BCUT2D eigenvalue weighted by Crippen LogP contribution is -2.49. The van der Waals surface area contributed by atoms with Gasteiger partial charge in [0.15, 0.2) is 0 Å². The van der Waals surface area contributed by atoms with E-state index in [9.17, 15) is 4.79 Å². The second-order valence-electron chi connectivity index (χ2n) is 5.89. The highest BCUT2D eigenvalue weighted by Gasteiger charge is 2.45. The molecule has 2 saturated heterocycles. The summed E-state index contributed by atoms with van der Waals surface area (Å²) in [4.78, 5) is 14.8. The number of carbonyl (C=O) groups excluding carboxylic acids is 1. The van der Waals surface area contributed by atoms with Gasteiger partial charge in [0.05, 0.1) is 12.5 Å². The molecule has 1 N–H and O–H groups in total. The molecule has 0 saturated carbocycles. The maximum atomic E-state index is 12.8. The summed E-state index contributed by atoms with van der Waals surface area (Å²) in [6.07, 6.45) is 3.13. The molecule has 1 atom stereocenters. The van der Waals surface area contributed by atoms with Crippen molar-refractivity contribution in [1.29, 1.82) is 0 Å². The second kappa shape index (κ2) is 5.44. The van der Waals surface area contributed by atoms with Gasteiger partial charge in [-0.1, -0.05) is 12.1 Å². The molecule has 2 aliphatic rings. The summed E-state index contributed by atoms with van der Waals surface area (Å²) >= 11 is 0. The molecule has 2 aliphatic heterocycles. The minimum absolute atomic E-state index is 0.128. The topological polar surface area (TPSA) is 41.6 Å². The fraction of sp³-hybridized carbons (Fsp3) is 0.562. The number of rotatable bonds is 3. The van der Waals surface area contributed by atoms with E-state index in [1.807, 2.05) is 23.1 Å². The fourth-order valence-corrected chi connectivity index (χ4v) is 3.43. The van der Waals surface area contributed by atoms with Gasteiger partial charge in [0.1, 0.15) is 5.75 Å². The number of carbonyl (C=O) groups is 1. The number of amides is 1. The van der Waals surface area contributed by atoms with E-state index in [4.69, 9.17) is 4.74 Å². The lowest BCUT2D eigenvalue weighted by Gasteiger charge is -2.39. The van der Waals surface area contributed by atoms with E-state index < -0.39 is 0 Å². The largest absolute Gasteiger partial charge is 0.497 e. The average Bonchev–Trinajstić information content (AvgIpc) is 2.94. The van der Waals surface area contributed by atoms with Crippen LogP contribution >= 0.6 is 0 Å². The van der Waals surface area contributed by atoms with Crippen LogP contribution in [0.25, 0.3) is 0 Å². The predicted octanol–water partition coefficient (Wildman–Crippen LogP) is 1.80. The molecular formula is C16H22N2O2. The smallest absolute Gasteiger partial charge is 0.230 e. The third kappa shape index (κ3) is 2.40. The molecule has 0 unspecified atom stereocenters. The van der Waals surface area contributed by atoms with Crippen molar-refractivity contribution < 1.29 is 9.53 Å². The first-order valence-electron chi connectivity index (χ1n) is 7.37. The number of benzene rings is 1. The molecule has 0 aliphatic carbocycles. The summed E-state index contributed by atoms with van der Waals surface area (Å²) in [7, 11) is 1.67. The molecule has 1 spiro atoms. The Morgan fingerprint density at radius 1 is 1.40 bits per heavy atom. The maximum Gasteiger partial charge on any atom is 0.230 e. The van der Waals surface area contributed by atoms with Crippen LogP contribution in [0.3, 0.4) is 0 Å². The zero-order valence-electron chi connectivity index (χ0n) is 12.0. The van der Waals surface area contributed by atoms with Crippen molar-refractivity contribution in [2.24, 2.45) is 5.41 Å². The molecule has 108 valence electrons. The zero-order valence-corrected chi connectivity index (χ0v) is 12.0. The van der Waals surface area contributed by atoms with Gasteiger partial charge in [0, 0.05) is 19.6 Å². The third-order valence-corrected chi connectivity index (χ3v) is 4.58.